The van der Waals surface area contributed by atoms with E-state index >= 15 is 0 Å². The van der Waals surface area contributed by atoms with E-state index in [4.69, 9.17) is 4.74 Å². The van der Waals surface area contributed by atoms with Crippen molar-refractivity contribution in [2.24, 2.45) is 0 Å². The molecule has 1 heterocycles. The second-order valence-corrected chi connectivity index (χ2v) is 9.77. The molecule has 11 heteroatoms. The zero-order chi connectivity index (χ0) is 24.0. The maximum atomic E-state index is 12.4. The first-order chi connectivity index (χ1) is 15.6. The minimum Gasteiger partial charge on any atom is -0.378 e. The SMILES string of the molecule is Cc1ccc([N+](=O)[O-])cc1N(CCCC(=O)Nc1ccc(N2CCOCC2)cc1)S(C)(=O)=O. The lowest BCUT2D eigenvalue weighted by atomic mass is 10.1. The van der Waals surface area contributed by atoms with Crippen LogP contribution in [-0.4, -0.2) is 58.4 Å². The molecule has 3 rings (SSSR count). The molecule has 0 radical (unpaired) electrons. The lowest BCUT2D eigenvalue weighted by Crippen LogP contribution is -2.36. The van der Waals surface area contributed by atoms with Crippen LogP contribution in [0.15, 0.2) is 42.5 Å². The molecule has 1 N–H and O–H groups in total. The van der Waals surface area contributed by atoms with Gasteiger partial charge in [-0.15, -0.1) is 0 Å². The van der Waals surface area contributed by atoms with Crippen LogP contribution < -0.4 is 14.5 Å². The highest BCUT2D eigenvalue weighted by molar-refractivity contribution is 7.92. The van der Waals surface area contributed by atoms with Crippen molar-refractivity contribution in [1.29, 1.82) is 0 Å². The summed E-state index contributed by atoms with van der Waals surface area (Å²) in [6.07, 6.45) is 1.40. The first-order valence-electron chi connectivity index (χ1n) is 10.6. The summed E-state index contributed by atoms with van der Waals surface area (Å²) in [6.45, 7) is 4.76. The van der Waals surface area contributed by atoms with Crippen LogP contribution >= 0.6 is 0 Å². The Balaban J connectivity index is 1.59. The molecule has 10 nitrogen and oxygen atoms in total. The summed E-state index contributed by atoms with van der Waals surface area (Å²) >= 11 is 0. The molecule has 2 aromatic carbocycles. The topological polar surface area (TPSA) is 122 Å². The van der Waals surface area contributed by atoms with Crippen molar-refractivity contribution >= 4 is 38.7 Å². The predicted octanol–water partition coefficient (Wildman–Crippen LogP) is 2.92. The second-order valence-electron chi connectivity index (χ2n) is 7.86. The Morgan fingerprint density at radius 1 is 1.18 bits per heavy atom. The van der Waals surface area contributed by atoms with E-state index in [-0.39, 0.29) is 36.7 Å². The molecule has 178 valence electrons. The molecule has 2 aromatic rings. The fourth-order valence-electron chi connectivity index (χ4n) is 3.63. The van der Waals surface area contributed by atoms with Crippen molar-refractivity contribution in [1.82, 2.24) is 0 Å². The van der Waals surface area contributed by atoms with Gasteiger partial charge in [0.25, 0.3) is 5.69 Å². The number of nitrogens with zero attached hydrogens (tertiary/aromatic N) is 3. The second kappa shape index (κ2) is 10.6. The van der Waals surface area contributed by atoms with E-state index in [0.717, 1.165) is 29.3 Å². The Labute approximate surface area is 193 Å². The first-order valence-corrected chi connectivity index (χ1v) is 12.5. The van der Waals surface area contributed by atoms with Gasteiger partial charge in [0.15, 0.2) is 0 Å². The van der Waals surface area contributed by atoms with Gasteiger partial charge >= 0.3 is 0 Å². The van der Waals surface area contributed by atoms with Crippen LogP contribution in [0, 0.1) is 17.0 Å². The number of amides is 1. The summed E-state index contributed by atoms with van der Waals surface area (Å²) < 4.78 is 31.1. The van der Waals surface area contributed by atoms with Crippen molar-refractivity contribution < 1.29 is 22.9 Å². The highest BCUT2D eigenvalue weighted by atomic mass is 32.2. The van der Waals surface area contributed by atoms with E-state index in [1.807, 2.05) is 24.3 Å². The zero-order valence-corrected chi connectivity index (χ0v) is 19.5. The van der Waals surface area contributed by atoms with Gasteiger partial charge in [0.2, 0.25) is 15.9 Å². The van der Waals surface area contributed by atoms with Gasteiger partial charge in [0.1, 0.15) is 0 Å². The number of nitro groups is 1. The van der Waals surface area contributed by atoms with E-state index in [9.17, 15) is 23.3 Å². The zero-order valence-electron chi connectivity index (χ0n) is 18.7. The molecule has 0 unspecified atom stereocenters. The molecule has 0 atom stereocenters. The fourth-order valence-corrected chi connectivity index (χ4v) is 4.64. The van der Waals surface area contributed by atoms with Crippen LogP contribution in [0.5, 0.6) is 0 Å². The third-order valence-electron chi connectivity index (χ3n) is 5.36. The first kappa shape index (κ1) is 24.5. The number of sulfonamides is 1. The van der Waals surface area contributed by atoms with Crippen molar-refractivity contribution in [3.63, 3.8) is 0 Å². The molecule has 0 spiro atoms. The monoisotopic (exact) mass is 476 g/mol. The summed E-state index contributed by atoms with van der Waals surface area (Å²) in [5, 5.41) is 13.9. The summed E-state index contributed by atoms with van der Waals surface area (Å²) in [5.74, 6) is -0.238. The molecule has 1 aliphatic rings. The Morgan fingerprint density at radius 3 is 2.45 bits per heavy atom. The molecule has 0 aliphatic carbocycles. The number of ether oxygens (including phenoxy) is 1. The third kappa shape index (κ3) is 6.65. The molecular weight excluding hydrogens is 448 g/mol. The third-order valence-corrected chi connectivity index (χ3v) is 6.54. The normalized spacial score (nSPS) is 14.1. The molecule has 1 fully saturated rings. The number of nitro benzene ring substituents is 1. The maximum Gasteiger partial charge on any atom is 0.271 e. The molecule has 0 saturated carbocycles. The van der Waals surface area contributed by atoms with Gasteiger partial charge in [-0.1, -0.05) is 6.07 Å². The maximum absolute atomic E-state index is 12.4. The Kier molecular flexibility index (Phi) is 7.88. The van der Waals surface area contributed by atoms with Crippen molar-refractivity contribution in [2.45, 2.75) is 19.8 Å². The quantitative estimate of drug-likeness (QED) is 0.436. The summed E-state index contributed by atoms with van der Waals surface area (Å²) in [7, 11) is -3.69. The number of rotatable bonds is 9. The average Bonchev–Trinajstić information content (AvgIpc) is 2.77. The van der Waals surface area contributed by atoms with Crippen LogP contribution in [0.2, 0.25) is 0 Å². The van der Waals surface area contributed by atoms with Crippen LogP contribution in [0.25, 0.3) is 0 Å². The van der Waals surface area contributed by atoms with Crippen molar-refractivity contribution in [2.75, 3.05) is 53.6 Å². The molecule has 0 bridgehead atoms. The van der Waals surface area contributed by atoms with Crippen LogP contribution in [0.3, 0.4) is 0 Å². The van der Waals surface area contributed by atoms with Crippen LogP contribution in [-0.2, 0) is 19.6 Å². The number of morpholine rings is 1. The Morgan fingerprint density at radius 2 is 1.85 bits per heavy atom. The number of nitrogens with one attached hydrogen (secondary N) is 1. The van der Waals surface area contributed by atoms with Gasteiger partial charge in [-0.05, 0) is 43.2 Å². The van der Waals surface area contributed by atoms with Gasteiger partial charge in [-0.3, -0.25) is 19.2 Å². The lowest BCUT2D eigenvalue weighted by molar-refractivity contribution is -0.384. The number of benzene rings is 2. The Hall–Kier alpha value is -3.18. The summed E-state index contributed by atoms with van der Waals surface area (Å²) in [5.41, 5.74) is 2.36. The minimum absolute atomic E-state index is 0.0320. The molecule has 1 saturated heterocycles. The van der Waals surface area contributed by atoms with E-state index in [1.165, 1.54) is 18.2 Å². The Bertz CT molecular complexity index is 1100. The van der Waals surface area contributed by atoms with Gasteiger partial charge in [-0.2, -0.15) is 0 Å². The van der Waals surface area contributed by atoms with E-state index in [1.54, 1.807) is 6.92 Å². The molecule has 1 aliphatic heterocycles. The molecule has 1 amide bonds. The van der Waals surface area contributed by atoms with Crippen molar-refractivity contribution in [3.8, 4) is 0 Å². The summed E-state index contributed by atoms with van der Waals surface area (Å²) in [4.78, 5) is 25.1. The smallest absolute Gasteiger partial charge is 0.271 e. The highest BCUT2D eigenvalue weighted by Gasteiger charge is 2.22. The highest BCUT2D eigenvalue weighted by Crippen LogP contribution is 2.28. The van der Waals surface area contributed by atoms with E-state index < -0.39 is 14.9 Å². The number of carbonyl (C=O) groups is 1. The molecule has 33 heavy (non-hydrogen) atoms. The predicted molar refractivity (Wildman–Crippen MR) is 127 cm³/mol. The van der Waals surface area contributed by atoms with Crippen molar-refractivity contribution in [3.05, 3.63) is 58.1 Å². The lowest BCUT2D eigenvalue weighted by Gasteiger charge is -2.28. The van der Waals surface area contributed by atoms with Gasteiger partial charge in [-0.25, -0.2) is 8.42 Å². The van der Waals surface area contributed by atoms with Gasteiger partial charge in [0.05, 0.1) is 30.1 Å². The average molecular weight is 477 g/mol. The number of carbonyl (C=O) groups excluding carboxylic acids is 1. The van der Waals surface area contributed by atoms with Crippen LogP contribution in [0.4, 0.5) is 22.7 Å². The molecular formula is C22H28N4O6S. The van der Waals surface area contributed by atoms with E-state index in [2.05, 4.69) is 10.2 Å². The van der Waals surface area contributed by atoms with Crippen LogP contribution in [0.1, 0.15) is 18.4 Å². The molecule has 0 aromatic heterocycles. The largest absolute Gasteiger partial charge is 0.378 e. The fraction of sp³-hybridized carbons (Fsp3) is 0.409. The number of hydrogen-bond donors (Lipinski definition) is 1. The summed E-state index contributed by atoms with van der Waals surface area (Å²) in [6, 6.07) is 11.6. The number of anilines is 3. The van der Waals surface area contributed by atoms with Gasteiger partial charge in [0, 0.05) is 49.6 Å². The van der Waals surface area contributed by atoms with Gasteiger partial charge < -0.3 is 15.0 Å². The number of non-ortho nitro benzene ring substituents is 1. The standard InChI is InChI=1S/C22H28N4O6S/c1-17-5-8-20(26(28)29)16-21(17)25(33(2,30)31)11-3-4-22(27)23-18-6-9-19(10-7-18)24-12-14-32-15-13-24/h5-10,16H,3-4,11-15H2,1-2H3,(H,23,27). The van der Waals surface area contributed by atoms with E-state index in [0.29, 0.717) is 24.5 Å². The number of aryl methyl sites for hydroxylation is 1. The number of hydrogen-bond acceptors (Lipinski definition) is 7. The minimum atomic E-state index is -3.69.